The summed E-state index contributed by atoms with van der Waals surface area (Å²) in [5.74, 6) is 1.57. The zero-order valence-corrected chi connectivity index (χ0v) is 14.5. The predicted octanol–water partition coefficient (Wildman–Crippen LogP) is 2.99. The average Bonchev–Trinajstić information content (AvgIpc) is 3.11. The maximum absolute atomic E-state index is 12.5. The lowest BCUT2D eigenvalue weighted by Gasteiger charge is -2.31. The van der Waals surface area contributed by atoms with E-state index in [4.69, 9.17) is 9.47 Å². The van der Waals surface area contributed by atoms with Crippen molar-refractivity contribution in [2.45, 2.75) is 23.2 Å². The molecule has 0 atom stereocenters. The second-order valence-electron chi connectivity index (χ2n) is 5.33. The van der Waals surface area contributed by atoms with Gasteiger partial charge < -0.3 is 9.47 Å². The molecule has 0 bridgehead atoms. The minimum Gasteiger partial charge on any atom is -0.497 e. The fourth-order valence-corrected chi connectivity index (χ4v) is 5.19. The van der Waals surface area contributed by atoms with E-state index in [1.165, 1.54) is 11.3 Å². The molecule has 1 aliphatic rings. The summed E-state index contributed by atoms with van der Waals surface area (Å²) in [5.41, 5.74) is 0. The zero-order chi connectivity index (χ0) is 16.3. The van der Waals surface area contributed by atoms with Gasteiger partial charge in [0.15, 0.2) is 0 Å². The van der Waals surface area contributed by atoms with Crippen LogP contribution in [0.3, 0.4) is 0 Å². The number of ether oxygens (including phenoxy) is 2. The molecule has 0 radical (unpaired) electrons. The molecule has 0 N–H and O–H groups in total. The first kappa shape index (κ1) is 16.3. The van der Waals surface area contributed by atoms with Crippen molar-refractivity contribution >= 4 is 21.4 Å². The van der Waals surface area contributed by atoms with E-state index in [1.807, 2.05) is 24.3 Å². The molecule has 7 heteroatoms. The Bertz CT molecular complexity index is 718. The molecule has 3 rings (SSSR count). The van der Waals surface area contributed by atoms with Gasteiger partial charge in [0, 0.05) is 13.1 Å². The molecule has 5 nitrogen and oxygen atoms in total. The van der Waals surface area contributed by atoms with Gasteiger partial charge >= 0.3 is 0 Å². The van der Waals surface area contributed by atoms with Crippen molar-refractivity contribution in [2.75, 3.05) is 20.2 Å². The molecule has 1 aromatic carbocycles. The van der Waals surface area contributed by atoms with Gasteiger partial charge in [-0.2, -0.15) is 4.31 Å². The van der Waals surface area contributed by atoms with Gasteiger partial charge in [-0.15, -0.1) is 11.3 Å². The van der Waals surface area contributed by atoms with Crippen LogP contribution in [0.5, 0.6) is 11.5 Å². The van der Waals surface area contributed by atoms with Crippen LogP contribution in [0, 0.1) is 0 Å². The van der Waals surface area contributed by atoms with Crippen LogP contribution in [0.15, 0.2) is 46.0 Å². The Kier molecular flexibility index (Phi) is 4.89. The second kappa shape index (κ2) is 6.90. The summed E-state index contributed by atoms with van der Waals surface area (Å²) in [7, 11) is -1.72. The number of methoxy groups -OCH3 is 1. The predicted molar refractivity (Wildman–Crippen MR) is 89.7 cm³/mol. The first-order chi connectivity index (χ1) is 11.1. The first-order valence-corrected chi connectivity index (χ1v) is 9.76. The second-order valence-corrected chi connectivity index (χ2v) is 8.44. The summed E-state index contributed by atoms with van der Waals surface area (Å²) in [5, 5.41) is 1.78. The quantitative estimate of drug-likeness (QED) is 0.829. The van der Waals surface area contributed by atoms with Crippen LogP contribution in [-0.2, 0) is 10.0 Å². The van der Waals surface area contributed by atoms with Crippen molar-refractivity contribution in [3.63, 3.8) is 0 Å². The molecule has 0 unspecified atom stereocenters. The molecule has 0 saturated carbocycles. The van der Waals surface area contributed by atoms with Gasteiger partial charge in [-0.1, -0.05) is 6.07 Å². The largest absolute Gasteiger partial charge is 0.497 e. The van der Waals surface area contributed by atoms with Gasteiger partial charge in [-0.05, 0) is 48.6 Å². The molecule has 23 heavy (non-hydrogen) atoms. The van der Waals surface area contributed by atoms with Crippen LogP contribution < -0.4 is 9.47 Å². The molecule has 124 valence electrons. The van der Waals surface area contributed by atoms with Gasteiger partial charge in [0.25, 0.3) is 10.0 Å². The van der Waals surface area contributed by atoms with Gasteiger partial charge in [0.2, 0.25) is 0 Å². The Morgan fingerprint density at radius 2 is 1.74 bits per heavy atom. The monoisotopic (exact) mass is 353 g/mol. The zero-order valence-electron chi connectivity index (χ0n) is 12.8. The van der Waals surface area contributed by atoms with E-state index in [2.05, 4.69) is 0 Å². The molecular formula is C16H19NO4S2. The molecule has 0 aliphatic carbocycles. The van der Waals surface area contributed by atoms with E-state index in [-0.39, 0.29) is 6.10 Å². The Balaban J connectivity index is 1.58. The summed E-state index contributed by atoms with van der Waals surface area (Å²) in [6.07, 6.45) is 1.42. The third-order valence-corrected chi connectivity index (χ3v) is 7.12. The van der Waals surface area contributed by atoms with Crippen LogP contribution in [0.1, 0.15) is 12.8 Å². The van der Waals surface area contributed by atoms with E-state index >= 15 is 0 Å². The molecule has 1 saturated heterocycles. The standard InChI is InChI=1S/C16H19NO4S2/c1-20-13-4-6-14(7-5-13)21-15-8-10-17(11-9-15)23(18,19)16-3-2-12-22-16/h2-7,12,15H,8-11H2,1H3. The summed E-state index contributed by atoms with van der Waals surface area (Å²) in [6, 6.07) is 10.9. The highest BCUT2D eigenvalue weighted by Gasteiger charge is 2.30. The van der Waals surface area contributed by atoms with Crippen molar-refractivity contribution in [1.29, 1.82) is 0 Å². The smallest absolute Gasteiger partial charge is 0.252 e. The first-order valence-electron chi connectivity index (χ1n) is 7.44. The number of thiophene rings is 1. The van der Waals surface area contributed by atoms with E-state index in [0.717, 1.165) is 11.5 Å². The maximum Gasteiger partial charge on any atom is 0.252 e. The minimum absolute atomic E-state index is 0.0400. The molecule has 2 aromatic rings. The molecule has 1 aromatic heterocycles. The van der Waals surface area contributed by atoms with Crippen LogP contribution in [0.25, 0.3) is 0 Å². The van der Waals surface area contributed by atoms with Crippen LogP contribution >= 0.6 is 11.3 Å². The summed E-state index contributed by atoms with van der Waals surface area (Å²) in [4.78, 5) is 0. The number of piperidine rings is 1. The molecule has 2 heterocycles. The highest BCUT2D eigenvalue weighted by Crippen LogP contribution is 2.26. The lowest BCUT2D eigenvalue weighted by atomic mass is 10.1. The average molecular weight is 353 g/mol. The van der Waals surface area contributed by atoms with Crippen LogP contribution in [-0.4, -0.2) is 39.0 Å². The Hall–Kier alpha value is -1.57. The van der Waals surface area contributed by atoms with Crippen molar-refractivity contribution in [1.82, 2.24) is 4.31 Å². The Morgan fingerprint density at radius 1 is 1.09 bits per heavy atom. The van der Waals surface area contributed by atoms with E-state index in [9.17, 15) is 8.42 Å². The molecular weight excluding hydrogens is 334 g/mol. The van der Waals surface area contributed by atoms with Gasteiger partial charge in [-0.3, -0.25) is 0 Å². The fraction of sp³-hybridized carbons (Fsp3) is 0.375. The number of nitrogens with zero attached hydrogens (tertiary/aromatic N) is 1. The van der Waals surface area contributed by atoms with Gasteiger partial charge in [-0.25, -0.2) is 8.42 Å². The normalized spacial score (nSPS) is 17.1. The van der Waals surface area contributed by atoms with E-state index in [1.54, 1.807) is 28.9 Å². The highest BCUT2D eigenvalue weighted by atomic mass is 32.2. The third kappa shape index (κ3) is 3.68. The fourth-order valence-electron chi connectivity index (χ4n) is 2.57. The number of benzene rings is 1. The Morgan fingerprint density at radius 3 is 2.30 bits per heavy atom. The summed E-state index contributed by atoms with van der Waals surface area (Å²) < 4.78 is 37.9. The van der Waals surface area contributed by atoms with Crippen molar-refractivity contribution in [3.8, 4) is 11.5 Å². The topological polar surface area (TPSA) is 55.8 Å². The van der Waals surface area contributed by atoms with Gasteiger partial charge in [0.1, 0.15) is 21.8 Å². The van der Waals surface area contributed by atoms with Gasteiger partial charge in [0.05, 0.1) is 7.11 Å². The van der Waals surface area contributed by atoms with Crippen molar-refractivity contribution in [3.05, 3.63) is 41.8 Å². The SMILES string of the molecule is COc1ccc(OC2CCN(S(=O)(=O)c3cccs3)CC2)cc1. The number of hydrogen-bond acceptors (Lipinski definition) is 5. The van der Waals surface area contributed by atoms with Crippen LogP contribution in [0.4, 0.5) is 0 Å². The summed E-state index contributed by atoms with van der Waals surface area (Å²) in [6.45, 7) is 0.974. The molecule has 0 amide bonds. The number of hydrogen-bond donors (Lipinski definition) is 0. The number of rotatable bonds is 5. The minimum atomic E-state index is -3.34. The molecule has 1 aliphatic heterocycles. The third-order valence-electron chi connectivity index (χ3n) is 3.85. The highest BCUT2D eigenvalue weighted by molar-refractivity contribution is 7.91. The molecule has 1 fully saturated rings. The van der Waals surface area contributed by atoms with Crippen LogP contribution in [0.2, 0.25) is 0 Å². The van der Waals surface area contributed by atoms with Crippen molar-refractivity contribution < 1.29 is 17.9 Å². The maximum atomic E-state index is 12.5. The van der Waals surface area contributed by atoms with E-state index < -0.39 is 10.0 Å². The summed E-state index contributed by atoms with van der Waals surface area (Å²) >= 11 is 1.26. The Labute approximate surface area is 140 Å². The lowest BCUT2D eigenvalue weighted by Crippen LogP contribution is -2.41. The molecule has 0 spiro atoms. The van der Waals surface area contributed by atoms with Crippen molar-refractivity contribution in [2.24, 2.45) is 0 Å². The number of sulfonamides is 1. The van der Waals surface area contributed by atoms with E-state index in [0.29, 0.717) is 30.1 Å². The lowest BCUT2D eigenvalue weighted by molar-refractivity contribution is 0.135.